The zero-order chi connectivity index (χ0) is 16.4. The van der Waals surface area contributed by atoms with Crippen LogP contribution in [0, 0.1) is 5.92 Å². The third-order valence-electron chi connectivity index (χ3n) is 3.71. The van der Waals surface area contributed by atoms with Gasteiger partial charge in [0.1, 0.15) is 0 Å². The fourth-order valence-corrected chi connectivity index (χ4v) is 2.26. The summed E-state index contributed by atoms with van der Waals surface area (Å²) in [4.78, 5) is 0. The number of halogens is 5. The number of alkyl halides is 5. The second-order valence-electron chi connectivity index (χ2n) is 5.83. The minimum absolute atomic E-state index is 0.0732. The molecule has 5 heteroatoms. The first-order valence-corrected chi connectivity index (χ1v) is 7.76. The second kappa shape index (κ2) is 10.2. The summed E-state index contributed by atoms with van der Waals surface area (Å²) in [6.45, 7) is 5.69. The van der Waals surface area contributed by atoms with E-state index in [9.17, 15) is 22.0 Å². The first-order valence-electron chi connectivity index (χ1n) is 7.76. The van der Waals surface area contributed by atoms with Gasteiger partial charge in [0.2, 0.25) is 0 Å². The van der Waals surface area contributed by atoms with E-state index in [0.717, 1.165) is 44.9 Å². The Morgan fingerprint density at radius 1 is 0.857 bits per heavy atom. The van der Waals surface area contributed by atoms with Crippen LogP contribution in [-0.4, -0.2) is 12.1 Å². The standard InChI is InChI=1S/C16H27F5/c1-3-4-5-6-7-8-11-14(2)12-9-10-13-15(17,18)16(19,20)21/h3,14H,1,4-13H2,2H3. The highest BCUT2D eigenvalue weighted by molar-refractivity contribution is 4.75. The average molecular weight is 314 g/mol. The van der Waals surface area contributed by atoms with Gasteiger partial charge in [-0.1, -0.05) is 51.5 Å². The fraction of sp³-hybridized carbons (Fsp3) is 0.875. The zero-order valence-corrected chi connectivity index (χ0v) is 12.8. The highest BCUT2D eigenvalue weighted by Crippen LogP contribution is 2.39. The number of allylic oxidation sites excluding steroid dienone is 1. The molecule has 0 aliphatic rings. The lowest BCUT2D eigenvalue weighted by Gasteiger charge is -2.19. The first-order chi connectivity index (χ1) is 9.70. The lowest BCUT2D eigenvalue weighted by atomic mass is 9.96. The molecular weight excluding hydrogens is 287 g/mol. The SMILES string of the molecule is C=CCCCCCCC(C)CCCCC(F)(F)C(F)(F)F. The van der Waals surface area contributed by atoms with E-state index in [1.807, 2.05) is 13.0 Å². The van der Waals surface area contributed by atoms with Crippen molar-refractivity contribution in [3.8, 4) is 0 Å². The molecule has 126 valence electrons. The molecule has 0 aliphatic heterocycles. The maximum absolute atomic E-state index is 12.7. The van der Waals surface area contributed by atoms with Crippen LogP contribution >= 0.6 is 0 Å². The van der Waals surface area contributed by atoms with Gasteiger partial charge in [0, 0.05) is 6.42 Å². The first kappa shape index (κ1) is 20.4. The molecule has 0 N–H and O–H groups in total. The van der Waals surface area contributed by atoms with Gasteiger partial charge in [-0.05, 0) is 25.2 Å². The molecule has 1 atom stereocenters. The van der Waals surface area contributed by atoms with E-state index in [1.165, 1.54) is 0 Å². The third kappa shape index (κ3) is 9.86. The maximum atomic E-state index is 12.7. The van der Waals surface area contributed by atoms with Crippen molar-refractivity contribution in [2.75, 3.05) is 0 Å². The molecule has 0 nitrogen and oxygen atoms in total. The third-order valence-corrected chi connectivity index (χ3v) is 3.71. The number of hydrogen-bond donors (Lipinski definition) is 0. The minimum Gasteiger partial charge on any atom is -0.196 e. The van der Waals surface area contributed by atoms with E-state index in [1.54, 1.807) is 0 Å². The smallest absolute Gasteiger partial charge is 0.196 e. The van der Waals surface area contributed by atoms with Gasteiger partial charge in [-0.3, -0.25) is 0 Å². The summed E-state index contributed by atoms with van der Waals surface area (Å²) in [5.41, 5.74) is 0. The fourth-order valence-electron chi connectivity index (χ4n) is 2.26. The van der Waals surface area contributed by atoms with Gasteiger partial charge in [-0.15, -0.1) is 6.58 Å². The number of unbranched alkanes of at least 4 members (excludes halogenated alkanes) is 5. The molecule has 0 radical (unpaired) electrons. The molecule has 0 aromatic heterocycles. The van der Waals surface area contributed by atoms with E-state index in [0.29, 0.717) is 12.3 Å². The highest BCUT2D eigenvalue weighted by Gasteiger charge is 2.56. The molecule has 0 saturated carbocycles. The van der Waals surface area contributed by atoms with Crippen LogP contribution in [0.2, 0.25) is 0 Å². The molecule has 0 bridgehead atoms. The van der Waals surface area contributed by atoms with E-state index < -0.39 is 18.5 Å². The van der Waals surface area contributed by atoms with Crippen molar-refractivity contribution in [3.63, 3.8) is 0 Å². The van der Waals surface area contributed by atoms with Crippen LogP contribution in [0.1, 0.15) is 71.1 Å². The summed E-state index contributed by atoms with van der Waals surface area (Å²) in [6, 6.07) is 0. The van der Waals surface area contributed by atoms with E-state index in [4.69, 9.17) is 0 Å². The van der Waals surface area contributed by atoms with Crippen LogP contribution < -0.4 is 0 Å². The van der Waals surface area contributed by atoms with Crippen LogP contribution in [0.15, 0.2) is 12.7 Å². The number of rotatable bonds is 12. The summed E-state index contributed by atoms with van der Waals surface area (Å²) < 4.78 is 61.2. The van der Waals surface area contributed by atoms with Crippen LogP contribution in [0.4, 0.5) is 22.0 Å². The Labute approximate surface area is 124 Å². The summed E-state index contributed by atoms with van der Waals surface area (Å²) in [5, 5.41) is 0. The lowest BCUT2D eigenvalue weighted by Crippen LogP contribution is -2.36. The maximum Gasteiger partial charge on any atom is 0.453 e. The summed E-state index contributed by atoms with van der Waals surface area (Å²) in [6.07, 6.45) is 3.07. The Morgan fingerprint density at radius 3 is 1.90 bits per heavy atom. The zero-order valence-electron chi connectivity index (χ0n) is 12.8. The molecule has 21 heavy (non-hydrogen) atoms. The van der Waals surface area contributed by atoms with Crippen molar-refractivity contribution >= 4 is 0 Å². The summed E-state index contributed by atoms with van der Waals surface area (Å²) in [7, 11) is 0. The van der Waals surface area contributed by atoms with Gasteiger partial charge in [-0.2, -0.15) is 22.0 Å². The molecule has 0 heterocycles. The largest absolute Gasteiger partial charge is 0.453 e. The highest BCUT2D eigenvalue weighted by atomic mass is 19.4. The van der Waals surface area contributed by atoms with Crippen molar-refractivity contribution in [1.29, 1.82) is 0 Å². The Kier molecular flexibility index (Phi) is 9.88. The van der Waals surface area contributed by atoms with E-state index >= 15 is 0 Å². The Bertz CT molecular complexity index is 270. The Balaban J connectivity index is 3.58. The predicted molar refractivity (Wildman–Crippen MR) is 76.5 cm³/mol. The molecule has 0 aromatic rings. The van der Waals surface area contributed by atoms with Crippen LogP contribution in [-0.2, 0) is 0 Å². The molecule has 0 aromatic carbocycles. The van der Waals surface area contributed by atoms with E-state index in [2.05, 4.69) is 6.58 Å². The Morgan fingerprint density at radius 2 is 1.38 bits per heavy atom. The molecule has 1 unspecified atom stereocenters. The molecular formula is C16H27F5. The molecule has 0 spiro atoms. The molecule has 0 amide bonds. The number of hydrogen-bond acceptors (Lipinski definition) is 0. The second-order valence-corrected chi connectivity index (χ2v) is 5.83. The van der Waals surface area contributed by atoms with Crippen LogP contribution in [0.3, 0.4) is 0 Å². The van der Waals surface area contributed by atoms with Gasteiger partial charge in [0.05, 0.1) is 0 Å². The molecule has 0 rings (SSSR count). The van der Waals surface area contributed by atoms with Gasteiger partial charge in [0.15, 0.2) is 0 Å². The summed E-state index contributed by atoms with van der Waals surface area (Å²) in [5.74, 6) is -4.15. The minimum atomic E-state index is -5.41. The van der Waals surface area contributed by atoms with Gasteiger partial charge in [-0.25, -0.2) is 0 Å². The van der Waals surface area contributed by atoms with Crippen molar-refractivity contribution in [1.82, 2.24) is 0 Å². The summed E-state index contributed by atoms with van der Waals surface area (Å²) >= 11 is 0. The van der Waals surface area contributed by atoms with Crippen molar-refractivity contribution in [2.45, 2.75) is 83.2 Å². The Hall–Kier alpha value is -0.610. The lowest BCUT2D eigenvalue weighted by molar-refractivity contribution is -0.284. The predicted octanol–water partition coefficient (Wildman–Crippen LogP) is 6.91. The van der Waals surface area contributed by atoms with Crippen LogP contribution in [0.25, 0.3) is 0 Å². The van der Waals surface area contributed by atoms with Crippen LogP contribution in [0.5, 0.6) is 0 Å². The molecule has 0 saturated heterocycles. The molecule has 0 fully saturated rings. The van der Waals surface area contributed by atoms with Crippen molar-refractivity contribution < 1.29 is 22.0 Å². The average Bonchev–Trinajstić information content (AvgIpc) is 2.37. The van der Waals surface area contributed by atoms with Gasteiger partial charge in [0.25, 0.3) is 0 Å². The van der Waals surface area contributed by atoms with Crippen molar-refractivity contribution in [3.05, 3.63) is 12.7 Å². The molecule has 0 aliphatic carbocycles. The quantitative estimate of drug-likeness (QED) is 0.209. The van der Waals surface area contributed by atoms with Crippen molar-refractivity contribution in [2.24, 2.45) is 5.92 Å². The van der Waals surface area contributed by atoms with E-state index in [-0.39, 0.29) is 6.42 Å². The van der Waals surface area contributed by atoms with Gasteiger partial charge < -0.3 is 0 Å². The monoisotopic (exact) mass is 314 g/mol. The topological polar surface area (TPSA) is 0 Å². The van der Waals surface area contributed by atoms with Gasteiger partial charge >= 0.3 is 12.1 Å². The normalized spacial score (nSPS) is 14.2.